The molecule has 1 aliphatic rings. The van der Waals surface area contributed by atoms with Crippen molar-refractivity contribution in [2.45, 2.75) is 17.4 Å². The molecule has 216 valence electrons. The van der Waals surface area contributed by atoms with E-state index in [0.717, 1.165) is 0 Å². The van der Waals surface area contributed by atoms with Crippen LogP contribution in [-0.2, 0) is 10.0 Å². The van der Waals surface area contributed by atoms with Crippen LogP contribution in [0.1, 0.15) is 12.5 Å². The van der Waals surface area contributed by atoms with Crippen molar-refractivity contribution in [3.63, 3.8) is 0 Å². The van der Waals surface area contributed by atoms with Crippen LogP contribution >= 0.6 is 0 Å². The predicted molar refractivity (Wildman–Crippen MR) is 140 cm³/mol. The molecule has 0 bridgehead atoms. The normalized spacial score (nSPS) is 15.9. The highest BCUT2D eigenvalue weighted by atomic mass is 32.2. The second-order valence-electron chi connectivity index (χ2n) is 9.39. The molecule has 3 heterocycles. The number of halogens is 5. The summed E-state index contributed by atoms with van der Waals surface area (Å²) in [6, 6.07) is 15.4. The molecule has 0 amide bonds. The maximum absolute atomic E-state index is 14.4. The van der Waals surface area contributed by atoms with Gasteiger partial charge in [0, 0.05) is 18.7 Å². The molecule has 1 atom stereocenters. The zero-order chi connectivity index (χ0) is 29.8. The molecule has 0 saturated carbocycles. The fraction of sp³-hybridized carbons (Fsp3) is 0.148. The van der Waals surface area contributed by atoms with Gasteiger partial charge in [-0.3, -0.25) is 0 Å². The maximum atomic E-state index is 14.4. The third-order valence-electron chi connectivity index (χ3n) is 6.86. The van der Waals surface area contributed by atoms with Gasteiger partial charge in [-0.2, -0.15) is 9.40 Å². The number of nitrogens with two attached hydrogens (primary N) is 1. The Morgan fingerprint density at radius 2 is 1.45 bits per heavy atom. The number of sulfonamides is 1. The van der Waals surface area contributed by atoms with Crippen LogP contribution in [0, 0.1) is 29.1 Å². The van der Waals surface area contributed by atoms with E-state index >= 15 is 0 Å². The van der Waals surface area contributed by atoms with Crippen molar-refractivity contribution < 1.29 is 35.1 Å². The Morgan fingerprint density at radius 1 is 0.833 bits per heavy atom. The van der Waals surface area contributed by atoms with Crippen molar-refractivity contribution in [2.75, 3.05) is 18.8 Å². The SMILES string of the molecule is Nc1ncnc2c1c(-c1ccc(Oc3ccccc3)cc1)nn2[C@@H]1CCN(S(=O)(=O)c2c(F)c(F)c(F)c(F)c2F)C1. The van der Waals surface area contributed by atoms with Gasteiger partial charge in [-0.05, 0) is 42.8 Å². The minimum absolute atomic E-state index is 0.0958. The lowest BCUT2D eigenvalue weighted by molar-refractivity contribution is 0.352. The average Bonchev–Trinajstić information content (AvgIpc) is 3.63. The fourth-order valence-electron chi connectivity index (χ4n) is 4.83. The van der Waals surface area contributed by atoms with E-state index < -0.39 is 50.0 Å². The Balaban J connectivity index is 1.34. The summed E-state index contributed by atoms with van der Waals surface area (Å²) in [4.78, 5) is 6.40. The topological polar surface area (TPSA) is 116 Å². The number of rotatable bonds is 6. The Bertz CT molecular complexity index is 1910. The first kappa shape index (κ1) is 27.5. The van der Waals surface area contributed by atoms with Crippen LogP contribution < -0.4 is 10.5 Å². The summed E-state index contributed by atoms with van der Waals surface area (Å²) in [5.74, 6) is -10.7. The van der Waals surface area contributed by atoms with Gasteiger partial charge in [0.05, 0.1) is 11.4 Å². The standard InChI is InChI=1S/C27H19F5N6O3S/c28-19-20(29)22(31)25(23(32)21(19)30)42(39,40)37-11-10-15(12-37)38-27-18(26(33)34-13-35-27)24(36-38)14-6-8-17(9-7-14)41-16-4-2-1-3-5-16/h1-9,13,15H,10-12H2,(H2,33,34,35)/t15-/m1/s1. The van der Waals surface area contributed by atoms with Crippen molar-refractivity contribution in [3.05, 3.63) is 90.0 Å². The molecular formula is C27H19F5N6O3S. The van der Waals surface area contributed by atoms with E-state index in [4.69, 9.17) is 10.5 Å². The van der Waals surface area contributed by atoms with E-state index in [9.17, 15) is 30.4 Å². The number of anilines is 1. The van der Waals surface area contributed by atoms with Gasteiger partial charge in [0.2, 0.25) is 15.8 Å². The molecule has 6 rings (SSSR count). The quantitative estimate of drug-likeness (QED) is 0.161. The first-order valence-corrected chi connectivity index (χ1v) is 13.9. The monoisotopic (exact) mass is 602 g/mol. The van der Waals surface area contributed by atoms with Crippen molar-refractivity contribution in [3.8, 4) is 22.8 Å². The average molecular weight is 603 g/mol. The van der Waals surface area contributed by atoms with Crippen LogP contribution in [0.3, 0.4) is 0 Å². The molecule has 0 radical (unpaired) electrons. The molecule has 0 aliphatic carbocycles. The molecular weight excluding hydrogens is 583 g/mol. The van der Waals surface area contributed by atoms with Crippen LogP contribution in [0.15, 0.2) is 65.8 Å². The summed E-state index contributed by atoms with van der Waals surface area (Å²) >= 11 is 0. The molecule has 3 aromatic carbocycles. The number of para-hydroxylation sites is 1. The summed E-state index contributed by atoms with van der Waals surface area (Å²) in [6.07, 6.45) is 1.30. The fourth-order valence-corrected chi connectivity index (χ4v) is 6.43. The Hall–Kier alpha value is -4.63. The molecule has 5 aromatic rings. The number of ether oxygens (including phenoxy) is 1. The van der Waals surface area contributed by atoms with Crippen LogP contribution in [0.2, 0.25) is 0 Å². The Morgan fingerprint density at radius 3 is 2.12 bits per heavy atom. The van der Waals surface area contributed by atoms with Crippen LogP contribution in [-0.4, -0.2) is 45.6 Å². The lowest BCUT2D eigenvalue weighted by Gasteiger charge is -2.18. The highest BCUT2D eigenvalue weighted by Gasteiger charge is 2.41. The van der Waals surface area contributed by atoms with Crippen LogP contribution in [0.5, 0.6) is 11.5 Å². The molecule has 0 spiro atoms. The number of hydrogen-bond donors (Lipinski definition) is 1. The zero-order valence-electron chi connectivity index (χ0n) is 21.3. The van der Waals surface area contributed by atoms with E-state index in [2.05, 4.69) is 15.1 Å². The number of nitrogens with zero attached hydrogens (tertiary/aromatic N) is 5. The van der Waals surface area contributed by atoms with E-state index in [0.29, 0.717) is 32.4 Å². The molecule has 2 aromatic heterocycles. The Labute approximate surface area is 235 Å². The minimum Gasteiger partial charge on any atom is -0.457 e. The van der Waals surface area contributed by atoms with E-state index in [1.54, 1.807) is 36.4 Å². The number of nitrogen functional groups attached to an aromatic ring is 1. The molecule has 1 saturated heterocycles. The molecule has 0 unspecified atom stereocenters. The molecule has 2 N–H and O–H groups in total. The van der Waals surface area contributed by atoms with Crippen molar-refractivity contribution in [1.82, 2.24) is 24.1 Å². The molecule has 15 heteroatoms. The van der Waals surface area contributed by atoms with Crippen molar-refractivity contribution >= 4 is 26.9 Å². The summed E-state index contributed by atoms with van der Waals surface area (Å²) < 4.78 is 104. The van der Waals surface area contributed by atoms with E-state index in [1.165, 1.54) is 11.0 Å². The van der Waals surface area contributed by atoms with Crippen LogP contribution in [0.4, 0.5) is 27.8 Å². The number of aromatic nitrogens is 4. The lowest BCUT2D eigenvalue weighted by Crippen LogP contribution is -2.31. The third-order valence-corrected chi connectivity index (χ3v) is 8.75. The summed E-state index contributed by atoms with van der Waals surface area (Å²) in [5, 5.41) is 5.02. The first-order chi connectivity index (χ1) is 20.1. The summed E-state index contributed by atoms with van der Waals surface area (Å²) in [5.41, 5.74) is 7.43. The second-order valence-corrected chi connectivity index (χ2v) is 11.3. The molecule has 9 nitrogen and oxygen atoms in total. The number of fused-ring (bicyclic) bond motifs is 1. The molecule has 1 fully saturated rings. The number of benzene rings is 3. The van der Waals surface area contributed by atoms with Crippen molar-refractivity contribution in [2.24, 2.45) is 0 Å². The first-order valence-electron chi connectivity index (χ1n) is 12.4. The highest BCUT2D eigenvalue weighted by molar-refractivity contribution is 7.89. The van der Waals surface area contributed by atoms with Gasteiger partial charge < -0.3 is 10.5 Å². The zero-order valence-corrected chi connectivity index (χ0v) is 22.1. The minimum atomic E-state index is -5.12. The van der Waals surface area contributed by atoms with Gasteiger partial charge in [0.25, 0.3) is 0 Å². The highest BCUT2D eigenvalue weighted by Crippen LogP contribution is 2.37. The van der Waals surface area contributed by atoms with Crippen LogP contribution in [0.25, 0.3) is 22.3 Å². The van der Waals surface area contributed by atoms with E-state index in [1.807, 2.05) is 18.2 Å². The smallest absolute Gasteiger partial charge is 0.249 e. The van der Waals surface area contributed by atoms with Gasteiger partial charge in [-0.25, -0.2) is 45.0 Å². The summed E-state index contributed by atoms with van der Waals surface area (Å²) in [7, 11) is -5.12. The van der Waals surface area contributed by atoms with Gasteiger partial charge in [0.1, 0.15) is 29.3 Å². The van der Waals surface area contributed by atoms with Gasteiger partial charge in [-0.15, -0.1) is 0 Å². The van der Waals surface area contributed by atoms with E-state index in [-0.39, 0.29) is 31.0 Å². The predicted octanol–water partition coefficient (Wildman–Crippen LogP) is 5.20. The van der Waals surface area contributed by atoms with Gasteiger partial charge >= 0.3 is 0 Å². The third kappa shape index (κ3) is 4.50. The van der Waals surface area contributed by atoms with Crippen molar-refractivity contribution in [1.29, 1.82) is 0 Å². The number of hydrogen-bond acceptors (Lipinski definition) is 7. The molecule has 1 aliphatic heterocycles. The Kier molecular flexibility index (Phi) is 6.77. The lowest BCUT2D eigenvalue weighted by atomic mass is 10.1. The van der Waals surface area contributed by atoms with Gasteiger partial charge in [-0.1, -0.05) is 18.2 Å². The largest absolute Gasteiger partial charge is 0.457 e. The van der Waals surface area contributed by atoms with Gasteiger partial charge in [0.15, 0.2) is 33.8 Å². The molecule has 42 heavy (non-hydrogen) atoms. The second kappa shape index (κ2) is 10.3. The maximum Gasteiger partial charge on any atom is 0.249 e. The summed E-state index contributed by atoms with van der Waals surface area (Å²) in [6.45, 7) is -0.666.